The van der Waals surface area contributed by atoms with Crippen LogP contribution in [0.5, 0.6) is 0 Å². The van der Waals surface area contributed by atoms with Crippen LogP contribution in [0, 0.1) is 0 Å². The number of benzene rings is 2. The second-order valence-corrected chi connectivity index (χ2v) is 9.71. The molecule has 0 spiro atoms. The Bertz CT molecular complexity index is 1880. The van der Waals surface area contributed by atoms with E-state index in [-0.39, 0.29) is 0 Å². The van der Waals surface area contributed by atoms with Crippen molar-refractivity contribution in [1.82, 2.24) is 30.1 Å². The lowest BCUT2D eigenvalue weighted by Gasteiger charge is -2.15. The van der Waals surface area contributed by atoms with E-state index < -0.39 is 6.23 Å². The fourth-order valence-electron chi connectivity index (χ4n) is 4.60. The molecule has 0 aliphatic carbocycles. The summed E-state index contributed by atoms with van der Waals surface area (Å²) in [6, 6.07) is 19.6. The minimum Gasteiger partial charge on any atom is -0.369 e. The van der Waals surface area contributed by atoms with Gasteiger partial charge in [0.1, 0.15) is 11.2 Å². The van der Waals surface area contributed by atoms with Gasteiger partial charge in [0.2, 0.25) is 0 Å². The van der Waals surface area contributed by atoms with E-state index in [1.165, 1.54) is 0 Å². The molecule has 0 aliphatic rings. The SMILES string of the molecule is OC(Nc1cncc(-c2ccc3[nH]nc(-c4nc5c(-c6ccsc6)cncc5[nH]4)c3c2)c1)c1ccccc1. The van der Waals surface area contributed by atoms with E-state index >= 15 is 0 Å². The van der Waals surface area contributed by atoms with Crippen LogP contribution in [0.1, 0.15) is 11.8 Å². The minimum atomic E-state index is -0.835. The van der Waals surface area contributed by atoms with Gasteiger partial charge in [-0.05, 0) is 46.2 Å². The Balaban J connectivity index is 1.25. The van der Waals surface area contributed by atoms with Crippen molar-refractivity contribution in [2.75, 3.05) is 5.32 Å². The standard InChI is InChI=1S/C29H21N7OS/c37-29(17-4-2-1-3-5-17)32-21-10-20(12-30-13-21)18-6-7-24-22(11-18)27(36-35-24)28-33-25-15-31-14-23(26(25)34-28)19-8-9-38-16-19/h1-16,29,32,37H,(H,33,34)(H,35,36). The highest BCUT2D eigenvalue weighted by molar-refractivity contribution is 7.08. The van der Waals surface area contributed by atoms with Crippen molar-refractivity contribution >= 4 is 39.0 Å². The van der Waals surface area contributed by atoms with Crippen LogP contribution in [0.2, 0.25) is 0 Å². The molecule has 9 heteroatoms. The predicted molar refractivity (Wildman–Crippen MR) is 151 cm³/mol. The maximum Gasteiger partial charge on any atom is 0.159 e. The first-order valence-corrected chi connectivity index (χ1v) is 13.0. The van der Waals surface area contributed by atoms with Crippen molar-refractivity contribution in [3.8, 4) is 33.8 Å². The van der Waals surface area contributed by atoms with Crippen molar-refractivity contribution in [2.24, 2.45) is 0 Å². The molecule has 8 nitrogen and oxygen atoms in total. The van der Waals surface area contributed by atoms with Crippen LogP contribution in [0.3, 0.4) is 0 Å². The molecule has 0 aliphatic heterocycles. The lowest BCUT2D eigenvalue weighted by atomic mass is 10.0. The largest absolute Gasteiger partial charge is 0.369 e. The average molecular weight is 516 g/mol. The minimum absolute atomic E-state index is 0.674. The van der Waals surface area contributed by atoms with Crippen molar-refractivity contribution in [1.29, 1.82) is 0 Å². The number of aliphatic hydroxyl groups is 1. The molecule has 184 valence electrons. The molecule has 7 aromatic rings. The molecule has 5 heterocycles. The summed E-state index contributed by atoms with van der Waals surface area (Å²) in [5.74, 6) is 0.674. The summed E-state index contributed by atoms with van der Waals surface area (Å²) in [4.78, 5) is 17.1. The van der Waals surface area contributed by atoms with Gasteiger partial charge in [-0.3, -0.25) is 15.1 Å². The number of nitrogens with zero attached hydrogens (tertiary/aromatic N) is 4. The van der Waals surface area contributed by atoms with Crippen molar-refractivity contribution in [2.45, 2.75) is 6.23 Å². The third-order valence-corrected chi connectivity index (χ3v) is 7.19. The van der Waals surface area contributed by atoms with Crippen LogP contribution in [0.4, 0.5) is 5.69 Å². The number of pyridine rings is 2. The van der Waals surface area contributed by atoms with Crippen molar-refractivity contribution < 1.29 is 5.11 Å². The Hall–Kier alpha value is -4.86. The second kappa shape index (κ2) is 9.22. The Morgan fingerprint density at radius 3 is 2.61 bits per heavy atom. The van der Waals surface area contributed by atoms with Gasteiger partial charge in [-0.2, -0.15) is 16.4 Å². The van der Waals surface area contributed by atoms with Gasteiger partial charge in [-0.15, -0.1) is 0 Å². The summed E-state index contributed by atoms with van der Waals surface area (Å²) in [6.45, 7) is 0. The maximum absolute atomic E-state index is 10.6. The fraction of sp³-hybridized carbons (Fsp3) is 0.0345. The third-order valence-electron chi connectivity index (χ3n) is 6.50. The molecule has 38 heavy (non-hydrogen) atoms. The van der Waals surface area contributed by atoms with Crippen LogP contribution in [-0.2, 0) is 0 Å². The predicted octanol–water partition coefficient (Wildman–Crippen LogP) is 6.39. The molecule has 7 rings (SSSR count). The number of nitrogens with one attached hydrogen (secondary N) is 3. The molecular formula is C29H21N7OS. The van der Waals surface area contributed by atoms with Gasteiger partial charge < -0.3 is 15.4 Å². The molecule has 0 radical (unpaired) electrons. The van der Waals surface area contributed by atoms with E-state index in [9.17, 15) is 5.11 Å². The Morgan fingerprint density at radius 1 is 0.842 bits per heavy atom. The number of aromatic amines is 2. The Kier molecular flexibility index (Phi) is 5.42. The maximum atomic E-state index is 10.6. The number of H-pyrrole nitrogens is 2. The average Bonchev–Trinajstić information content (AvgIpc) is 3.73. The highest BCUT2D eigenvalue weighted by Gasteiger charge is 2.16. The number of anilines is 1. The molecule has 0 saturated heterocycles. The van der Waals surface area contributed by atoms with Gasteiger partial charge in [0.15, 0.2) is 12.1 Å². The van der Waals surface area contributed by atoms with Crippen LogP contribution < -0.4 is 5.32 Å². The van der Waals surface area contributed by atoms with Gasteiger partial charge in [-0.25, -0.2) is 4.98 Å². The van der Waals surface area contributed by atoms with Gasteiger partial charge in [-0.1, -0.05) is 36.4 Å². The topological polar surface area (TPSA) is 115 Å². The summed E-state index contributed by atoms with van der Waals surface area (Å²) >= 11 is 1.65. The molecule has 5 aromatic heterocycles. The number of imidazole rings is 1. The first-order valence-electron chi connectivity index (χ1n) is 12.0. The van der Waals surface area contributed by atoms with Gasteiger partial charge >= 0.3 is 0 Å². The highest BCUT2D eigenvalue weighted by Crippen LogP contribution is 2.33. The molecule has 0 saturated carbocycles. The molecule has 1 atom stereocenters. The fourth-order valence-corrected chi connectivity index (χ4v) is 5.26. The van der Waals surface area contributed by atoms with Crippen molar-refractivity contribution in [3.05, 3.63) is 102 Å². The normalized spacial score (nSPS) is 12.2. The summed E-state index contributed by atoms with van der Waals surface area (Å²) in [5, 5.41) is 26.5. The molecule has 0 amide bonds. The molecule has 2 aromatic carbocycles. The van der Waals surface area contributed by atoms with E-state index in [1.807, 2.05) is 60.1 Å². The molecule has 0 bridgehead atoms. The summed E-state index contributed by atoms with van der Waals surface area (Å²) in [7, 11) is 0. The Labute approximate surface area is 221 Å². The second-order valence-electron chi connectivity index (χ2n) is 8.93. The number of aromatic nitrogens is 6. The zero-order valence-corrected chi connectivity index (χ0v) is 20.8. The van der Waals surface area contributed by atoms with E-state index in [1.54, 1.807) is 29.9 Å². The van der Waals surface area contributed by atoms with Crippen LogP contribution >= 0.6 is 11.3 Å². The van der Waals surface area contributed by atoms with Crippen LogP contribution in [-0.4, -0.2) is 35.2 Å². The lowest BCUT2D eigenvalue weighted by molar-refractivity contribution is 0.208. The first-order chi connectivity index (χ1) is 18.7. The summed E-state index contributed by atoms with van der Waals surface area (Å²) < 4.78 is 0. The molecule has 1 unspecified atom stereocenters. The number of fused-ring (bicyclic) bond motifs is 2. The smallest absolute Gasteiger partial charge is 0.159 e. The van der Waals surface area contributed by atoms with E-state index in [2.05, 4.69) is 48.0 Å². The molecule has 0 fully saturated rings. The Morgan fingerprint density at radius 2 is 1.74 bits per heavy atom. The van der Waals surface area contributed by atoms with E-state index in [0.29, 0.717) is 5.82 Å². The zero-order valence-electron chi connectivity index (χ0n) is 20.0. The third kappa shape index (κ3) is 4.00. The monoisotopic (exact) mass is 515 g/mol. The number of thiophene rings is 1. The number of hydrogen-bond donors (Lipinski definition) is 4. The molecule has 4 N–H and O–H groups in total. The van der Waals surface area contributed by atoms with E-state index in [0.717, 1.165) is 61.1 Å². The molecular weight excluding hydrogens is 494 g/mol. The first kappa shape index (κ1) is 22.3. The quantitative estimate of drug-likeness (QED) is 0.191. The number of hydrogen-bond acceptors (Lipinski definition) is 7. The number of rotatable bonds is 6. The zero-order chi connectivity index (χ0) is 25.5. The summed E-state index contributed by atoms with van der Waals surface area (Å²) in [5.41, 5.74) is 8.83. The highest BCUT2D eigenvalue weighted by atomic mass is 32.1. The number of aliphatic hydroxyl groups excluding tert-OH is 1. The lowest BCUT2D eigenvalue weighted by Crippen LogP contribution is -2.09. The van der Waals surface area contributed by atoms with Gasteiger partial charge in [0.05, 0.1) is 29.1 Å². The van der Waals surface area contributed by atoms with Crippen LogP contribution in [0.15, 0.2) is 96.2 Å². The summed E-state index contributed by atoms with van der Waals surface area (Å²) in [6.07, 6.45) is 6.30. The van der Waals surface area contributed by atoms with E-state index in [4.69, 9.17) is 4.98 Å². The van der Waals surface area contributed by atoms with Gasteiger partial charge in [0.25, 0.3) is 0 Å². The van der Waals surface area contributed by atoms with Crippen molar-refractivity contribution in [3.63, 3.8) is 0 Å². The van der Waals surface area contributed by atoms with Gasteiger partial charge in [0, 0.05) is 34.5 Å². The van der Waals surface area contributed by atoms with Crippen LogP contribution in [0.25, 0.3) is 55.7 Å².